The number of aromatic nitrogens is 2. The van der Waals surface area contributed by atoms with E-state index in [0.717, 1.165) is 34.9 Å². The molecule has 0 spiro atoms. The minimum Gasteiger partial charge on any atom is -0.458 e. The maximum atomic E-state index is 13.5. The van der Waals surface area contributed by atoms with Crippen LogP contribution in [0.25, 0.3) is 22.3 Å². The zero-order chi connectivity index (χ0) is 23.2. The van der Waals surface area contributed by atoms with Crippen LogP contribution in [0.1, 0.15) is 48.4 Å². The van der Waals surface area contributed by atoms with E-state index in [1.807, 2.05) is 12.1 Å². The van der Waals surface area contributed by atoms with Crippen molar-refractivity contribution in [1.82, 2.24) is 14.9 Å². The van der Waals surface area contributed by atoms with Gasteiger partial charge in [-0.3, -0.25) is 4.79 Å². The maximum absolute atomic E-state index is 13.5. The van der Waals surface area contributed by atoms with Crippen LogP contribution in [0.2, 0.25) is 0 Å². The molecule has 0 saturated heterocycles. The number of fused-ring (bicyclic) bond motifs is 6. The lowest BCUT2D eigenvalue weighted by Crippen LogP contribution is -2.44. The molecular formula is C25H23N3O6. The van der Waals surface area contributed by atoms with E-state index < -0.39 is 11.6 Å². The Bertz CT molecular complexity index is 1470. The molecule has 9 heteroatoms. The summed E-state index contributed by atoms with van der Waals surface area (Å²) in [7, 11) is 0. The van der Waals surface area contributed by atoms with Gasteiger partial charge in [0.15, 0.2) is 17.1 Å². The standard InChI is InChI=1S/C25H23N3O6/c1-2-25(31)17-6-19-22-15(9-28(19)23(29)16(17)10-32-24(25)30)14(8-26-12-3-4-12)13-5-20-21(34-11-33-20)7-18(13)27-22/h5-7,12,26,31H,2-4,8-11H2,1H3/t25-/m0/s1. The number of ether oxygens (including phenoxy) is 3. The second kappa shape index (κ2) is 6.80. The van der Waals surface area contributed by atoms with Gasteiger partial charge in [-0.25, -0.2) is 9.78 Å². The molecule has 1 atom stereocenters. The van der Waals surface area contributed by atoms with Crippen LogP contribution in [0, 0.1) is 0 Å². The molecular weight excluding hydrogens is 438 g/mol. The molecule has 1 aliphatic carbocycles. The van der Waals surface area contributed by atoms with Gasteiger partial charge in [-0.2, -0.15) is 0 Å². The van der Waals surface area contributed by atoms with E-state index in [9.17, 15) is 14.7 Å². The third-order valence-electron chi connectivity index (χ3n) is 7.44. The summed E-state index contributed by atoms with van der Waals surface area (Å²) in [6, 6.07) is 6.09. The van der Waals surface area contributed by atoms with Crippen LogP contribution in [0.15, 0.2) is 23.0 Å². The van der Waals surface area contributed by atoms with E-state index in [2.05, 4.69) is 5.32 Å². The van der Waals surface area contributed by atoms with Crippen LogP contribution in [-0.2, 0) is 34.8 Å². The first-order valence-corrected chi connectivity index (χ1v) is 11.6. The number of esters is 1. The Morgan fingerprint density at radius 3 is 2.71 bits per heavy atom. The fourth-order valence-corrected chi connectivity index (χ4v) is 5.29. The molecule has 0 bridgehead atoms. The molecule has 0 radical (unpaired) electrons. The Balaban J connectivity index is 1.47. The lowest BCUT2D eigenvalue weighted by molar-refractivity contribution is -0.172. The zero-order valence-electron chi connectivity index (χ0n) is 18.6. The van der Waals surface area contributed by atoms with Crippen LogP contribution in [0.4, 0.5) is 0 Å². The molecule has 2 N–H and O–H groups in total. The molecule has 34 heavy (non-hydrogen) atoms. The lowest BCUT2D eigenvalue weighted by Gasteiger charge is -2.31. The predicted octanol–water partition coefficient (Wildman–Crippen LogP) is 2.06. The number of hydrogen-bond acceptors (Lipinski definition) is 8. The number of nitrogens with zero attached hydrogens (tertiary/aromatic N) is 2. The van der Waals surface area contributed by atoms with Gasteiger partial charge in [-0.05, 0) is 37.0 Å². The number of benzene rings is 1. The molecule has 0 unspecified atom stereocenters. The van der Waals surface area contributed by atoms with Gasteiger partial charge < -0.3 is 29.2 Å². The van der Waals surface area contributed by atoms with Gasteiger partial charge in [0.25, 0.3) is 5.56 Å². The molecule has 1 aromatic carbocycles. The van der Waals surface area contributed by atoms with E-state index in [1.165, 1.54) is 0 Å². The second-order valence-corrected chi connectivity index (χ2v) is 9.40. The number of carbonyl (C=O) groups excluding carboxylic acids is 1. The monoisotopic (exact) mass is 461 g/mol. The van der Waals surface area contributed by atoms with E-state index in [1.54, 1.807) is 17.6 Å². The van der Waals surface area contributed by atoms with Crippen LogP contribution in [-0.4, -0.2) is 33.5 Å². The van der Waals surface area contributed by atoms with Crippen LogP contribution >= 0.6 is 0 Å². The third-order valence-corrected chi connectivity index (χ3v) is 7.44. The van der Waals surface area contributed by atoms with Crippen molar-refractivity contribution in [1.29, 1.82) is 0 Å². The van der Waals surface area contributed by atoms with Crippen molar-refractivity contribution in [3.8, 4) is 22.9 Å². The first-order valence-electron chi connectivity index (χ1n) is 11.6. The van der Waals surface area contributed by atoms with E-state index in [-0.39, 0.29) is 25.4 Å². The molecule has 0 amide bonds. The normalized spacial score (nSPS) is 21.9. The van der Waals surface area contributed by atoms with Crippen molar-refractivity contribution >= 4 is 16.9 Å². The fraction of sp³-hybridized carbons (Fsp3) is 0.400. The topological polar surface area (TPSA) is 112 Å². The fourth-order valence-electron chi connectivity index (χ4n) is 5.29. The molecule has 174 valence electrons. The summed E-state index contributed by atoms with van der Waals surface area (Å²) in [6.45, 7) is 2.75. The van der Waals surface area contributed by atoms with Gasteiger partial charge in [0.05, 0.1) is 29.0 Å². The summed E-state index contributed by atoms with van der Waals surface area (Å²) in [6.07, 6.45) is 2.43. The van der Waals surface area contributed by atoms with Crippen LogP contribution < -0.4 is 20.3 Å². The van der Waals surface area contributed by atoms with Crippen molar-refractivity contribution < 1.29 is 24.1 Å². The second-order valence-electron chi connectivity index (χ2n) is 9.40. The predicted molar refractivity (Wildman–Crippen MR) is 121 cm³/mol. The summed E-state index contributed by atoms with van der Waals surface area (Å²) in [4.78, 5) is 30.9. The van der Waals surface area contributed by atoms with Gasteiger partial charge in [0.2, 0.25) is 6.79 Å². The van der Waals surface area contributed by atoms with E-state index >= 15 is 0 Å². The Morgan fingerprint density at radius 2 is 1.94 bits per heavy atom. The van der Waals surface area contributed by atoms with Gasteiger partial charge >= 0.3 is 5.97 Å². The van der Waals surface area contributed by atoms with Crippen molar-refractivity contribution in [2.24, 2.45) is 0 Å². The SMILES string of the molecule is CC[C@@]1(O)C(=O)OCc2c1cc1n(c2=O)Cc2c-1nc1cc3c(cc1c2CNC1CC1)OCO3. The highest BCUT2D eigenvalue weighted by Gasteiger charge is 2.45. The van der Waals surface area contributed by atoms with Gasteiger partial charge in [0.1, 0.15) is 6.61 Å². The molecule has 4 aliphatic rings. The zero-order valence-corrected chi connectivity index (χ0v) is 18.6. The first-order chi connectivity index (χ1) is 16.5. The molecule has 5 heterocycles. The number of nitrogens with one attached hydrogen (secondary N) is 1. The van der Waals surface area contributed by atoms with Crippen LogP contribution in [0.5, 0.6) is 11.5 Å². The smallest absolute Gasteiger partial charge is 0.343 e. The largest absolute Gasteiger partial charge is 0.458 e. The van der Waals surface area contributed by atoms with E-state index in [4.69, 9.17) is 19.2 Å². The highest BCUT2D eigenvalue weighted by Crippen LogP contribution is 2.43. The summed E-state index contributed by atoms with van der Waals surface area (Å²) in [5.41, 5.74) is 2.62. The number of rotatable bonds is 4. The van der Waals surface area contributed by atoms with E-state index in [0.29, 0.717) is 53.1 Å². The number of pyridine rings is 2. The highest BCUT2D eigenvalue weighted by molar-refractivity contribution is 5.91. The Hall–Kier alpha value is -3.43. The summed E-state index contributed by atoms with van der Waals surface area (Å²) in [5, 5.41) is 15.7. The average molecular weight is 461 g/mol. The molecule has 3 aromatic rings. The average Bonchev–Trinajstić information content (AvgIpc) is 3.43. The number of carbonyl (C=O) groups is 1. The Labute approximate surface area is 194 Å². The van der Waals surface area contributed by atoms with Gasteiger partial charge in [-0.1, -0.05) is 6.92 Å². The molecule has 2 aromatic heterocycles. The highest BCUT2D eigenvalue weighted by atomic mass is 16.7. The first kappa shape index (κ1) is 20.0. The summed E-state index contributed by atoms with van der Waals surface area (Å²) >= 11 is 0. The summed E-state index contributed by atoms with van der Waals surface area (Å²) < 4.78 is 18.0. The quantitative estimate of drug-likeness (QED) is 0.444. The minimum absolute atomic E-state index is 0.111. The maximum Gasteiger partial charge on any atom is 0.343 e. The van der Waals surface area contributed by atoms with Crippen molar-refractivity contribution in [3.05, 3.63) is 50.8 Å². The molecule has 9 nitrogen and oxygen atoms in total. The molecule has 7 rings (SSSR count). The van der Waals surface area contributed by atoms with Gasteiger partial charge in [-0.15, -0.1) is 0 Å². The Morgan fingerprint density at radius 1 is 1.15 bits per heavy atom. The minimum atomic E-state index is -1.84. The number of hydrogen-bond donors (Lipinski definition) is 2. The van der Waals surface area contributed by atoms with Gasteiger partial charge in [0, 0.05) is 35.2 Å². The number of cyclic esters (lactones) is 1. The lowest BCUT2D eigenvalue weighted by atomic mass is 9.86. The van der Waals surface area contributed by atoms with Crippen LogP contribution in [0.3, 0.4) is 0 Å². The summed E-state index contributed by atoms with van der Waals surface area (Å²) in [5.74, 6) is 0.609. The molecule has 3 aliphatic heterocycles. The van der Waals surface area contributed by atoms with Crippen molar-refractivity contribution in [2.75, 3.05) is 6.79 Å². The van der Waals surface area contributed by atoms with Crippen molar-refractivity contribution in [3.63, 3.8) is 0 Å². The number of aliphatic hydroxyl groups is 1. The third kappa shape index (κ3) is 2.65. The molecule has 1 fully saturated rings. The molecule has 1 saturated carbocycles. The Kier molecular flexibility index (Phi) is 4.00. The van der Waals surface area contributed by atoms with Crippen molar-refractivity contribution in [2.45, 2.75) is 57.5 Å².